The van der Waals surface area contributed by atoms with Gasteiger partial charge in [-0.25, -0.2) is 0 Å². The van der Waals surface area contributed by atoms with Gasteiger partial charge in [0.2, 0.25) is 5.91 Å². The van der Waals surface area contributed by atoms with Gasteiger partial charge in [0.1, 0.15) is 6.04 Å². The van der Waals surface area contributed by atoms with Crippen molar-refractivity contribution in [2.24, 2.45) is 5.92 Å². The van der Waals surface area contributed by atoms with Crippen molar-refractivity contribution in [3.05, 3.63) is 35.9 Å². The van der Waals surface area contributed by atoms with Gasteiger partial charge in [-0.2, -0.15) is 0 Å². The van der Waals surface area contributed by atoms with Gasteiger partial charge >= 0.3 is 0 Å². The first-order valence-corrected chi connectivity index (χ1v) is 7.30. The molecule has 4 atom stereocenters. The molecule has 2 fully saturated rings. The van der Waals surface area contributed by atoms with Gasteiger partial charge in [0.05, 0.1) is 6.17 Å². The van der Waals surface area contributed by atoms with Crippen molar-refractivity contribution in [2.45, 2.75) is 51.4 Å². The van der Waals surface area contributed by atoms with Gasteiger partial charge in [-0.15, -0.1) is 0 Å². The van der Waals surface area contributed by atoms with E-state index in [0.29, 0.717) is 6.04 Å². The molecule has 1 saturated heterocycles. The molecule has 102 valence electrons. The Bertz CT molecular complexity index is 459. The first-order valence-electron chi connectivity index (χ1n) is 7.30. The second-order valence-corrected chi connectivity index (χ2v) is 6.00. The normalized spacial score (nSPS) is 35.1. The average Bonchev–Trinajstić information content (AvgIpc) is 2.95. The van der Waals surface area contributed by atoms with Crippen molar-refractivity contribution in [1.29, 1.82) is 0 Å². The molecule has 1 amide bonds. The molecule has 2 aliphatic rings. The summed E-state index contributed by atoms with van der Waals surface area (Å²) in [4.78, 5) is 14.8. The summed E-state index contributed by atoms with van der Waals surface area (Å²) in [5, 5.41) is 3.44. The molecular formula is C16H22N2O. The molecule has 1 heterocycles. The molecule has 1 aromatic rings. The summed E-state index contributed by atoms with van der Waals surface area (Å²) in [6, 6.07) is 10.3. The van der Waals surface area contributed by atoms with E-state index >= 15 is 0 Å². The number of carbonyl (C=O) groups is 1. The summed E-state index contributed by atoms with van der Waals surface area (Å²) >= 11 is 0. The largest absolute Gasteiger partial charge is 0.323 e. The van der Waals surface area contributed by atoms with Gasteiger partial charge in [0.15, 0.2) is 0 Å². The molecular weight excluding hydrogens is 236 g/mol. The Balaban J connectivity index is 1.80. The highest BCUT2D eigenvalue weighted by atomic mass is 16.2. The maximum absolute atomic E-state index is 12.7. The van der Waals surface area contributed by atoms with Crippen LogP contribution in [0.5, 0.6) is 0 Å². The quantitative estimate of drug-likeness (QED) is 0.884. The van der Waals surface area contributed by atoms with Crippen LogP contribution in [0.15, 0.2) is 30.3 Å². The molecule has 4 unspecified atom stereocenters. The highest BCUT2D eigenvalue weighted by Gasteiger charge is 2.42. The summed E-state index contributed by atoms with van der Waals surface area (Å²) in [6.07, 6.45) is 3.70. The van der Waals surface area contributed by atoms with E-state index in [9.17, 15) is 4.79 Å². The Hall–Kier alpha value is -1.35. The molecule has 0 radical (unpaired) electrons. The predicted octanol–water partition coefficient (Wildman–Crippen LogP) is 2.69. The number of hydrogen-bond acceptors (Lipinski definition) is 2. The number of hydrogen-bond donors (Lipinski definition) is 1. The fraction of sp³-hybridized carbons (Fsp3) is 0.562. The Morgan fingerprint density at radius 1 is 1.16 bits per heavy atom. The molecule has 1 aliphatic heterocycles. The molecule has 3 nitrogen and oxygen atoms in total. The van der Waals surface area contributed by atoms with Crippen LogP contribution >= 0.6 is 0 Å². The summed E-state index contributed by atoms with van der Waals surface area (Å²) in [5.41, 5.74) is 1.08. The van der Waals surface area contributed by atoms with Crippen LogP contribution in [0, 0.1) is 5.92 Å². The summed E-state index contributed by atoms with van der Waals surface area (Å²) in [5.74, 6) is 0.999. The lowest BCUT2D eigenvalue weighted by atomic mass is 10.1. The van der Waals surface area contributed by atoms with E-state index in [-0.39, 0.29) is 18.1 Å². The van der Waals surface area contributed by atoms with Crippen molar-refractivity contribution in [3.8, 4) is 0 Å². The Morgan fingerprint density at radius 3 is 2.53 bits per heavy atom. The third-order valence-electron chi connectivity index (χ3n) is 4.52. The number of carbonyl (C=O) groups excluding carboxylic acids is 1. The monoisotopic (exact) mass is 258 g/mol. The van der Waals surface area contributed by atoms with Crippen LogP contribution in [0.4, 0.5) is 0 Å². The number of nitrogens with zero attached hydrogens (tertiary/aromatic N) is 1. The lowest BCUT2D eigenvalue weighted by Gasteiger charge is -2.28. The minimum atomic E-state index is -0.160. The van der Waals surface area contributed by atoms with Gasteiger partial charge in [0, 0.05) is 6.04 Å². The van der Waals surface area contributed by atoms with Gasteiger partial charge in [-0.3, -0.25) is 10.1 Å². The zero-order chi connectivity index (χ0) is 13.4. The Kier molecular flexibility index (Phi) is 3.31. The maximum atomic E-state index is 12.7. The SMILES string of the molecule is CC1CCC(N2C(=O)C(c3ccccc3)NC2C)C1. The molecule has 1 saturated carbocycles. The van der Waals surface area contributed by atoms with E-state index in [2.05, 4.69) is 24.1 Å². The highest BCUT2D eigenvalue weighted by Crippen LogP contribution is 2.34. The second-order valence-electron chi connectivity index (χ2n) is 6.00. The fourth-order valence-corrected chi connectivity index (χ4v) is 3.54. The summed E-state index contributed by atoms with van der Waals surface area (Å²) in [7, 11) is 0. The average molecular weight is 258 g/mol. The van der Waals surface area contributed by atoms with Gasteiger partial charge in [-0.1, -0.05) is 37.3 Å². The van der Waals surface area contributed by atoms with Crippen molar-refractivity contribution < 1.29 is 4.79 Å². The third kappa shape index (κ3) is 2.27. The smallest absolute Gasteiger partial charge is 0.245 e. The van der Waals surface area contributed by atoms with Crippen molar-refractivity contribution in [3.63, 3.8) is 0 Å². The zero-order valence-corrected chi connectivity index (χ0v) is 11.7. The zero-order valence-electron chi connectivity index (χ0n) is 11.7. The van der Waals surface area contributed by atoms with Crippen LogP contribution in [0.3, 0.4) is 0 Å². The van der Waals surface area contributed by atoms with Gasteiger partial charge in [-0.05, 0) is 37.7 Å². The van der Waals surface area contributed by atoms with Crippen molar-refractivity contribution >= 4 is 5.91 Å². The molecule has 0 aromatic heterocycles. The van der Waals surface area contributed by atoms with E-state index in [1.165, 1.54) is 6.42 Å². The summed E-state index contributed by atoms with van der Waals surface area (Å²) < 4.78 is 0. The molecule has 0 bridgehead atoms. The molecule has 3 heteroatoms. The van der Waals surface area contributed by atoms with Crippen LogP contribution in [0.25, 0.3) is 0 Å². The minimum Gasteiger partial charge on any atom is -0.323 e. The first kappa shape index (κ1) is 12.7. The van der Waals surface area contributed by atoms with E-state index in [1.807, 2.05) is 30.3 Å². The van der Waals surface area contributed by atoms with Gasteiger partial charge in [0.25, 0.3) is 0 Å². The van der Waals surface area contributed by atoms with Crippen LogP contribution in [0.2, 0.25) is 0 Å². The second kappa shape index (κ2) is 4.97. The molecule has 1 N–H and O–H groups in total. The molecule has 1 aliphatic carbocycles. The predicted molar refractivity (Wildman–Crippen MR) is 75.4 cm³/mol. The van der Waals surface area contributed by atoms with Crippen LogP contribution in [-0.2, 0) is 4.79 Å². The van der Waals surface area contributed by atoms with Crippen LogP contribution in [-0.4, -0.2) is 23.0 Å². The van der Waals surface area contributed by atoms with E-state index in [1.54, 1.807) is 0 Å². The lowest BCUT2D eigenvalue weighted by molar-refractivity contribution is -0.132. The molecule has 3 rings (SSSR count). The molecule has 19 heavy (non-hydrogen) atoms. The third-order valence-corrected chi connectivity index (χ3v) is 4.52. The van der Waals surface area contributed by atoms with Crippen molar-refractivity contribution in [1.82, 2.24) is 10.2 Å². The van der Waals surface area contributed by atoms with Gasteiger partial charge < -0.3 is 4.90 Å². The molecule has 1 aromatic carbocycles. The minimum absolute atomic E-state index is 0.146. The topological polar surface area (TPSA) is 32.3 Å². The number of amides is 1. The highest BCUT2D eigenvalue weighted by molar-refractivity contribution is 5.86. The summed E-state index contributed by atoms with van der Waals surface area (Å²) in [6.45, 7) is 4.39. The van der Waals surface area contributed by atoms with Crippen LogP contribution < -0.4 is 5.32 Å². The van der Waals surface area contributed by atoms with E-state index in [4.69, 9.17) is 0 Å². The van der Waals surface area contributed by atoms with Crippen LogP contribution in [0.1, 0.15) is 44.7 Å². The number of nitrogens with one attached hydrogen (secondary N) is 1. The standard InChI is InChI=1S/C16H22N2O/c1-11-8-9-14(10-11)18-12(2)17-15(16(18)19)13-6-4-3-5-7-13/h3-7,11-12,14-15,17H,8-10H2,1-2H3. The Morgan fingerprint density at radius 2 is 1.89 bits per heavy atom. The van der Waals surface area contributed by atoms with E-state index in [0.717, 1.165) is 24.3 Å². The number of rotatable bonds is 2. The lowest BCUT2D eigenvalue weighted by Crippen LogP contribution is -2.41. The first-order chi connectivity index (χ1) is 9.16. The Labute approximate surface area is 115 Å². The van der Waals surface area contributed by atoms with Crippen molar-refractivity contribution in [2.75, 3.05) is 0 Å². The number of benzene rings is 1. The fourth-order valence-electron chi connectivity index (χ4n) is 3.54. The molecule has 0 spiro atoms. The van der Waals surface area contributed by atoms with E-state index < -0.39 is 0 Å². The maximum Gasteiger partial charge on any atom is 0.245 e.